The molecule has 0 atom stereocenters. The van der Waals surface area contributed by atoms with Gasteiger partial charge in [-0.25, -0.2) is 13.2 Å². The van der Waals surface area contributed by atoms with E-state index in [1.807, 2.05) is 0 Å². The fraction of sp³-hybridized carbons (Fsp3) is 0. The van der Waals surface area contributed by atoms with Gasteiger partial charge in [0.05, 0.1) is 4.92 Å². The van der Waals surface area contributed by atoms with Gasteiger partial charge in [-0.05, 0) is 0 Å². The Morgan fingerprint density at radius 3 is 1.16 bits per heavy atom. The van der Waals surface area contributed by atoms with E-state index in [2.05, 4.69) is 4.74 Å². The molecule has 0 saturated carbocycles. The lowest BCUT2D eigenvalue weighted by molar-refractivity contribution is -0.390. The number of nitro benzene ring substituents is 1. The third kappa shape index (κ3) is 2.70. The van der Waals surface area contributed by atoms with Gasteiger partial charge in [-0.3, -0.25) is 10.1 Å². The maximum absolute atomic E-state index is 13.6. The van der Waals surface area contributed by atoms with Crippen LogP contribution in [0.25, 0.3) is 0 Å². The second-order valence-electron chi connectivity index (χ2n) is 4.19. The zero-order valence-electron chi connectivity index (χ0n) is 11.1. The molecule has 134 valence electrons. The lowest BCUT2D eigenvalue weighted by Gasteiger charge is -2.12. The predicted octanol–water partition coefficient (Wildman–Crippen LogP) is 4.64. The number of hydrogen-bond donors (Lipinski definition) is 0. The van der Waals surface area contributed by atoms with Gasteiger partial charge in [-0.1, -0.05) is 0 Å². The highest BCUT2D eigenvalue weighted by atomic mass is 19.2. The Bertz CT molecular complexity index is 858. The van der Waals surface area contributed by atoms with Crippen molar-refractivity contribution < 1.29 is 49.2 Å². The van der Waals surface area contributed by atoms with Crippen LogP contribution in [0.3, 0.4) is 0 Å². The van der Waals surface area contributed by atoms with Crippen molar-refractivity contribution in [1.29, 1.82) is 0 Å². The lowest BCUT2D eigenvalue weighted by Crippen LogP contribution is -2.09. The van der Waals surface area contributed by atoms with Crippen LogP contribution in [0.2, 0.25) is 0 Å². The molecule has 0 unspecified atom stereocenters. The minimum absolute atomic E-state index is 1.85. The fourth-order valence-electron chi connectivity index (χ4n) is 1.63. The summed E-state index contributed by atoms with van der Waals surface area (Å²) < 4.78 is 123. The molecule has 0 aliphatic carbocycles. The SMILES string of the molecule is O=[N+]([O-])c1c(F)c(F)c(Oc2c(F)c(F)c(F)c(F)c2F)c(F)c1F. The summed E-state index contributed by atoms with van der Waals surface area (Å²) in [6, 6.07) is 0. The molecule has 0 aliphatic rings. The summed E-state index contributed by atoms with van der Waals surface area (Å²) in [5, 5.41) is 10.3. The van der Waals surface area contributed by atoms with E-state index in [0.29, 0.717) is 0 Å². The Kier molecular flexibility index (Phi) is 4.51. The molecule has 0 radical (unpaired) electrons. The van der Waals surface area contributed by atoms with Crippen molar-refractivity contribution in [2.24, 2.45) is 0 Å². The van der Waals surface area contributed by atoms with Crippen molar-refractivity contribution in [3.63, 3.8) is 0 Å². The van der Waals surface area contributed by atoms with Crippen molar-refractivity contribution in [1.82, 2.24) is 0 Å². The molecule has 0 aliphatic heterocycles. The van der Waals surface area contributed by atoms with Gasteiger partial charge in [0.25, 0.3) is 0 Å². The van der Waals surface area contributed by atoms with E-state index < -0.39 is 74.5 Å². The molecule has 0 N–H and O–H groups in total. The van der Waals surface area contributed by atoms with Crippen molar-refractivity contribution >= 4 is 5.69 Å². The summed E-state index contributed by atoms with van der Waals surface area (Å²) in [7, 11) is 0. The molecule has 4 nitrogen and oxygen atoms in total. The smallest absolute Gasteiger partial charge is 0.346 e. The summed E-state index contributed by atoms with van der Waals surface area (Å²) >= 11 is 0. The topological polar surface area (TPSA) is 52.4 Å². The summed E-state index contributed by atoms with van der Waals surface area (Å²) in [6.45, 7) is 0. The van der Waals surface area contributed by atoms with Crippen LogP contribution < -0.4 is 4.74 Å². The Balaban J connectivity index is 2.74. The first-order valence-corrected chi connectivity index (χ1v) is 5.70. The molecule has 0 amide bonds. The maximum atomic E-state index is 13.6. The number of halogens is 9. The van der Waals surface area contributed by atoms with E-state index in [1.54, 1.807) is 0 Å². The van der Waals surface area contributed by atoms with Crippen molar-refractivity contribution in [3.05, 3.63) is 62.5 Å². The first-order valence-electron chi connectivity index (χ1n) is 5.70. The van der Waals surface area contributed by atoms with Crippen molar-refractivity contribution in [2.45, 2.75) is 0 Å². The monoisotopic (exact) mass is 377 g/mol. The number of benzene rings is 2. The second kappa shape index (κ2) is 6.14. The zero-order valence-corrected chi connectivity index (χ0v) is 11.1. The standard InChI is InChI=1S/C12F9NO3/c13-1-2(14)6(18)11(7(19)3(1)15)25-12-8(20)4(16)10(22(23)24)5(17)9(12)21. The molecule has 2 aromatic rings. The van der Waals surface area contributed by atoms with Gasteiger partial charge >= 0.3 is 5.69 Å². The third-order valence-corrected chi connectivity index (χ3v) is 2.76. The van der Waals surface area contributed by atoms with Crippen LogP contribution in [0.5, 0.6) is 11.5 Å². The van der Waals surface area contributed by atoms with E-state index in [-0.39, 0.29) is 0 Å². The van der Waals surface area contributed by atoms with Gasteiger partial charge < -0.3 is 4.74 Å². The summed E-state index contributed by atoms with van der Waals surface area (Å²) in [5.74, 6) is -28.2. The van der Waals surface area contributed by atoms with Crippen LogP contribution in [0.1, 0.15) is 0 Å². The summed E-state index contributed by atoms with van der Waals surface area (Å²) in [5.41, 5.74) is -2.29. The Morgan fingerprint density at radius 2 is 0.840 bits per heavy atom. The molecule has 0 aromatic heterocycles. The number of rotatable bonds is 3. The van der Waals surface area contributed by atoms with E-state index in [0.717, 1.165) is 0 Å². The number of ether oxygens (including phenoxy) is 1. The van der Waals surface area contributed by atoms with Crippen LogP contribution in [-0.2, 0) is 0 Å². The predicted molar refractivity (Wildman–Crippen MR) is 59.2 cm³/mol. The minimum atomic E-state index is -2.66. The van der Waals surface area contributed by atoms with Gasteiger partial charge in [0.2, 0.25) is 63.9 Å². The molecular formula is C12F9NO3. The highest BCUT2D eigenvalue weighted by Crippen LogP contribution is 2.39. The third-order valence-electron chi connectivity index (χ3n) is 2.76. The quantitative estimate of drug-likeness (QED) is 0.258. The van der Waals surface area contributed by atoms with Crippen molar-refractivity contribution in [2.75, 3.05) is 0 Å². The van der Waals surface area contributed by atoms with E-state index in [1.165, 1.54) is 0 Å². The fourth-order valence-corrected chi connectivity index (χ4v) is 1.63. The van der Waals surface area contributed by atoms with Gasteiger partial charge in [-0.2, -0.15) is 26.3 Å². The number of nitrogens with zero attached hydrogens (tertiary/aromatic N) is 1. The van der Waals surface area contributed by atoms with Crippen LogP contribution in [-0.4, -0.2) is 4.92 Å². The Labute approximate surface area is 130 Å². The Hall–Kier alpha value is -2.99. The number of nitro groups is 1. The maximum Gasteiger partial charge on any atom is 0.346 e. The molecular weight excluding hydrogens is 377 g/mol. The Morgan fingerprint density at radius 1 is 0.560 bits per heavy atom. The second-order valence-corrected chi connectivity index (χ2v) is 4.19. The molecule has 0 saturated heterocycles. The molecule has 2 rings (SSSR count). The van der Waals surface area contributed by atoms with E-state index in [4.69, 9.17) is 0 Å². The average molecular weight is 377 g/mol. The molecule has 13 heteroatoms. The first-order chi connectivity index (χ1) is 11.5. The molecule has 0 fully saturated rings. The van der Waals surface area contributed by atoms with Gasteiger partial charge in [0, 0.05) is 0 Å². The lowest BCUT2D eigenvalue weighted by atomic mass is 10.2. The first kappa shape index (κ1) is 18.4. The number of hydrogen-bond acceptors (Lipinski definition) is 3. The van der Waals surface area contributed by atoms with E-state index >= 15 is 0 Å². The van der Waals surface area contributed by atoms with Crippen LogP contribution in [0, 0.1) is 62.5 Å². The van der Waals surface area contributed by atoms with Crippen LogP contribution in [0.15, 0.2) is 0 Å². The summed E-state index contributed by atoms with van der Waals surface area (Å²) in [4.78, 5) is 8.49. The van der Waals surface area contributed by atoms with Gasteiger partial charge in [0.15, 0.2) is 0 Å². The van der Waals surface area contributed by atoms with E-state index in [9.17, 15) is 49.6 Å². The molecule has 2 aromatic carbocycles. The molecule has 0 heterocycles. The largest absolute Gasteiger partial charge is 0.444 e. The normalized spacial score (nSPS) is 10.9. The summed E-state index contributed by atoms with van der Waals surface area (Å²) in [6.07, 6.45) is 0. The molecule has 0 bridgehead atoms. The average Bonchev–Trinajstić information content (AvgIpc) is 2.55. The van der Waals surface area contributed by atoms with Crippen LogP contribution >= 0.6 is 0 Å². The highest BCUT2D eigenvalue weighted by molar-refractivity contribution is 5.45. The molecule has 25 heavy (non-hydrogen) atoms. The van der Waals surface area contributed by atoms with Crippen molar-refractivity contribution in [3.8, 4) is 11.5 Å². The molecule has 0 spiro atoms. The minimum Gasteiger partial charge on any atom is -0.444 e. The van der Waals surface area contributed by atoms with Gasteiger partial charge in [0.1, 0.15) is 0 Å². The van der Waals surface area contributed by atoms with Crippen LogP contribution in [0.4, 0.5) is 45.2 Å². The highest BCUT2D eigenvalue weighted by Gasteiger charge is 2.36. The zero-order chi connectivity index (χ0) is 19.2. The van der Waals surface area contributed by atoms with Gasteiger partial charge in [-0.15, -0.1) is 0 Å².